The number of halogens is 1. The number of rotatable bonds is 4. The van der Waals surface area contributed by atoms with Crippen molar-refractivity contribution in [2.45, 2.75) is 19.4 Å². The van der Waals surface area contributed by atoms with Crippen LogP contribution in [0, 0.1) is 0 Å². The fourth-order valence-electron chi connectivity index (χ4n) is 1.14. The first-order chi connectivity index (χ1) is 7.19. The van der Waals surface area contributed by atoms with Crippen molar-refractivity contribution in [1.29, 1.82) is 0 Å². The molecule has 1 unspecified atom stereocenters. The zero-order chi connectivity index (χ0) is 11.3. The van der Waals surface area contributed by atoms with Gasteiger partial charge in [0.25, 0.3) is 0 Å². The summed E-state index contributed by atoms with van der Waals surface area (Å²) < 4.78 is 4.65. The number of carbonyl (C=O) groups is 1. The lowest BCUT2D eigenvalue weighted by Gasteiger charge is -2.16. The lowest BCUT2D eigenvalue weighted by Crippen LogP contribution is -2.29. The van der Waals surface area contributed by atoms with Crippen molar-refractivity contribution >= 4 is 23.3 Å². The van der Waals surface area contributed by atoms with E-state index in [1.54, 1.807) is 18.5 Å². The molecule has 1 aromatic rings. The molecule has 0 aliphatic carbocycles. The average molecular weight is 229 g/mol. The highest BCUT2D eigenvalue weighted by atomic mass is 35.5. The van der Waals surface area contributed by atoms with E-state index >= 15 is 0 Å². The average Bonchev–Trinajstić information content (AvgIpc) is 2.27. The normalized spacial score (nSPS) is 11.9. The maximum absolute atomic E-state index is 11.3. The molecular weight excluding hydrogens is 216 g/mol. The van der Waals surface area contributed by atoms with Crippen LogP contribution in [-0.4, -0.2) is 24.1 Å². The predicted octanol–water partition coefficient (Wildman–Crippen LogP) is 2.10. The Labute approximate surface area is 93.6 Å². The van der Waals surface area contributed by atoms with Crippen molar-refractivity contribution in [2.24, 2.45) is 0 Å². The number of pyridine rings is 1. The first-order valence-corrected chi connectivity index (χ1v) is 5.00. The van der Waals surface area contributed by atoms with Gasteiger partial charge in [-0.1, -0.05) is 18.5 Å². The third-order valence-electron chi connectivity index (χ3n) is 1.99. The highest BCUT2D eigenvalue weighted by molar-refractivity contribution is 6.33. The highest BCUT2D eigenvalue weighted by Crippen LogP contribution is 2.20. The topological polar surface area (TPSA) is 51.2 Å². The number of nitrogens with zero attached hydrogens (tertiary/aromatic N) is 1. The Morgan fingerprint density at radius 2 is 2.47 bits per heavy atom. The highest BCUT2D eigenvalue weighted by Gasteiger charge is 2.17. The quantitative estimate of drug-likeness (QED) is 0.802. The number of methoxy groups -OCH3 is 1. The van der Waals surface area contributed by atoms with E-state index in [-0.39, 0.29) is 5.97 Å². The monoisotopic (exact) mass is 228 g/mol. The summed E-state index contributed by atoms with van der Waals surface area (Å²) >= 11 is 5.92. The van der Waals surface area contributed by atoms with E-state index in [9.17, 15) is 4.79 Å². The molecule has 1 heterocycles. The van der Waals surface area contributed by atoms with Crippen molar-refractivity contribution in [3.63, 3.8) is 0 Å². The van der Waals surface area contributed by atoms with E-state index < -0.39 is 6.04 Å². The van der Waals surface area contributed by atoms with Crippen molar-refractivity contribution in [2.75, 3.05) is 12.4 Å². The van der Waals surface area contributed by atoms with Crippen LogP contribution >= 0.6 is 11.6 Å². The van der Waals surface area contributed by atoms with E-state index in [1.165, 1.54) is 7.11 Å². The van der Waals surface area contributed by atoms with Crippen molar-refractivity contribution in [3.05, 3.63) is 23.5 Å². The summed E-state index contributed by atoms with van der Waals surface area (Å²) in [6.45, 7) is 1.89. The lowest BCUT2D eigenvalue weighted by atomic mass is 10.2. The van der Waals surface area contributed by atoms with Gasteiger partial charge in [-0.2, -0.15) is 0 Å². The molecule has 1 rings (SSSR count). The van der Waals surface area contributed by atoms with Crippen molar-refractivity contribution in [3.8, 4) is 0 Å². The van der Waals surface area contributed by atoms with Crippen LogP contribution in [0.25, 0.3) is 0 Å². The van der Waals surface area contributed by atoms with Crippen LogP contribution in [0.2, 0.25) is 5.02 Å². The third-order valence-corrected chi connectivity index (χ3v) is 2.32. The predicted molar refractivity (Wildman–Crippen MR) is 59.0 cm³/mol. The minimum absolute atomic E-state index is 0.308. The number of hydrogen-bond acceptors (Lipinski definition) is 4. The van der Waals surface area contributed by atoms with Gasteiger partial charge >= 0.3 is 5.97 Å². The van der Waals surface area contributed by atoms with Crippen LogP contribution in [0.4, 0.5) is 5.69 Å². The van der Waals surface area contributed by atoms with Gasteiger partial charge in [-0.25, -0.2) is 4.79 Å². The molecule has 1 aromatic heterocycles. The Kier molecular flexibility index (Phi) is 4.37. The molecule has 5 heteroatoms. The second-order valence-corrected chi connectivity index (χ2v) is 3.39. The smallest absolute Gasteiger partial charge is 0.328 e. The van der Waals surface area contributed by atoms with Crippen LogP contribution < -0.4 is 5.32 Å². The summed E-state index contributed by atoms with van der Waals surface area (Å²) in [6.07, 6.45) is 3.79. The van der Waals surface area contributed by atoms with Gasteiger partial charge in [0.1, 0.15) is 6.04 Å². The number of hydrogen-bond donors (Lipinski definition) is 1. The maximum Gasteiger partial charge on any atom is 0.328 e. The van der Waals surface area contributed by atoms with Gasteiger partial charge < -0.3 is 10.1 Å². The number of anilines is 1. The molecule has 4 nitrogen and oxygen atoms in total. The molecule has 0 spiro atoms. The van der Waals surface area contributed by atoms with E-state index in [0.29, 0.717) is 17.1 Å². The molecule has 0 aliphatic heterocycles. The minimum Gasteiger partial charge on any atom is -0.467 e. The SMILES string of the molecule is CCC(Nc1cnccc1Cl)C(=O)OC. The molecule has 0 saturated carbocycles. The summed E-state index contributed by atoms with van der Waals surface area (Å²) in [7, 11) is 1.36. The molecular formula is C10H13ClN2O2. The number of esters is 1. The molecule has 82 valence electrons. The van der Waals surface area contributed by atoms with Gasteiger partial charge in [-0.05, 0) is 12.5 Å². The number of aromatic nitrogens is 1. The van der Waals surface area contributed by atoms with Crippen molar-refractivity contribution in [1.82, 2.24) is 4.98 Å². The van der Waals surface area contributed by atoms with Crippen LogP contribution in [0.5, 0.6) is 0 Å². The number of nitrogens with one attached hydrogen (secondary N) is 1. The fraction of sp³-hybridized carbons (Fsp3) is 0.400. The molecule has 1 N–H and O–H groups in total. The molecule has 15 heavy (non-hydrogen) atoms. The molecule has 0 aromatic carbocycles. The molecule has 0 saturated heterocycles. The third kappa shape index (κ3) is 3.09. The van der Waals surface area contributed by atoms with E-state index in [1.807, 2.05) is 6.92 Å². The van der Waals surface area contributed by atoms with Gasteiger partial charge in [-0.15, -0.1) is 0 Å². The minimum atomic E-state index is -0.392. The standard InChI is InChI=1S/C10H13ClN2O2/c1-3-8(10(14)15-2)13-9-6-12-5-4-7(9)11/h4-6,8,13H,3H2,1-2H3. The summed E-state index contributed by atoms with van der Waals surface area (Å²) in [4.78, 5) is 15.2. The second kappa shape index (κ2) is 5.56. The zero-order valence-corrected chi connectivity index (χ0v) is 9.41. The van der Waals surface area contributed by atoms with E-state index in [0.717, 1.165) is 0 Å². The van der Waals surface area contributed by atoms with Crippen LogP contribution in [0.15, 0.2) is 18.5 Å². The van der Waals surface area contributed by atoms with Crippen LogP contribution in [0.1, 0.15) is 13.3 Å². The number of carbonyl (C=O) groups excluding carboxylic acids is 1. The van der Waals surface area contributed by atoms with Crippen molar-refractivity contribution < 1.29 is 9.53 Å². The van der Waals surface area contributed by atoms with E-state index in [2.05, 4.69) is 15.0 Å². The molecule has 0 radical (unpaired) electrons. The lowest BCUT2D eigenvalue weighted by molar-refractivity contribution is -0.141. The molecule has 1 atom stereocenters. The Bertz CT molecular complexity index is 344. The molecule has 0 amide bonds. The summed E-state index contributed by atoms with van der Waals surface area (Å²) in [5, 5.41) is 3.51. The summed E-state index contributed by atoms with van der Waals surface area (Å²) in [5.74, 6) is -0.308. The molecule has 0 bridgehead atoms. The zero-order valence-electron chi connectivity index (χ0n) is 8.66. The van der Waals surface area contributed by atoms with Gasteiger partial charge in [0, 0.05) is 6.20 Å². The fourth-order valence-corrected chi connectivity index (χ4v) is 1.30. The Hall–Kier alpha value is -1.29. The summed E-state index contributed by atoms with van der Waals surface area (Å²) in [6, 6.07) is 1.27. The largest absolute Gasteiger partial charge is 0.467 e. The number of ether oxygens (including phenoxy) is 1. The first-order valence-electron chi connectivity index (χ1n) is 4.63. The van der Waals surface area contributed by atoms with Gasteiger partial charge in [0.05, 0.1) is 24.0 Å². The molecule has 0 fully saturated rings. The van der Waals surface area contributed by atoms with Crippen LogP contribution in [-0.2, 0) is 9.53 Å². The van der Waals surface area contributed by atoms with Gasteiger partial charge in [0.15, 0.2) is 0 Å². The Morgan fingerprint density at radius 3 is 3.00 bits per heavy atom. The van der Waals surface area contributed by atoms with Gasteiger partial charge in [-0.3, -0.25) is 4.98 Å². The Balaban J connectivity index is 2.75. The Morgan fingerprint density at radius 1 is 1.73 bits per heavy atom. The second-order valence-electron chi connectivity index (χ2n) is 2.98. The van der Waals surface area contributed by atoms with Gasteiger partial charge in [0.2, 0.25) is 0 Å². The first kappa shape index (κ1) is 11.8. The summed E-state index contributed by atoms with van der Waals surface area (Å²) in [5.41, 5.74) is 0.636. The molecule has 0 aliphatic rings. The van der Waals surface area contributed by atoms with E-state index in [4.69, 9.17) is 11.6 Å². The van der Waals surface area contributed by atoms with Crippen LogP contribution in [0.3, 0.4) is 0 Å². The maximum atomic E-state index is 11.3.